The number of hydrogen-bond donors (Lipinski definition) is 5. The molecule has 0 aliphatic carbocycles. The molecule has 1 heterocycles. The maximum Gasteiger partial charge on any atom is 0.416 e. The highest BCUT2D eigenvalue weighted by atomic mass is 19.4. The molecule has 0 aliphatic rings. The lowest BCUT2D eigenvalue weighted by Crippen LogP contribution is -2.11. The van der Waals surface area contributed by atoms with Crippen molar-refractivity contribution in [3.63, 3.8) is 0 Å². The molecule has 0 unspecified atom stereocenters. The first-order valence-corrected chi connectivity index (χ1v) is 14.7. The summed E-state index contributed by atoms with van der Waals surface area (Å²) >= 11 is 0. The zero-order valence-corrected chi connectivity index (χ0v) is 26.4. The van der Waals surface area contributed by atoms with Gasteiger partial charge in [0.2, 0.25) is 0 Å². The van der Waals surface area contributed by atoms with Gasteiger partial charge in [-0.2, -0.15) is 26.3 Å². The van der Waals surface area contributed by atoms with Crippen molar-refractivity contribution in [1.82, 2.24) is 4.98 Å². The summed E-state index contributed by atoms with van der Waals surface area (Å²) in [6, 6.07) is 7.88. The molecule has 0 saturated carbocycles. The first-order valence-electron chi connectivity index (χ1n) is 14.7. The number of halogens is 6. The highest BCUT2D eigenvalue weighted by molar-refractivity contribution is 5.99. The fourth-order valence-corrected chi connectivity index (χ4v) is 5.91. The van der Waals surface area contributed by atoms with E-state index in [4.69, 9.17) is 0 Å². The number of carbonyl (C=O) groups is 2. The maximum atomic E-state index is 13.7. The topological polar surface area (TPSA) is 131 Å². The average Bonchev–Trinajstić information content (AvgIpc) is 3.35. The van der Waals surface area contributed by atoms with Gasteiger partial charge in [-0.15, -0.1) is 0 Å². The van der Waals surface area contributed by atoms with Gasteiger partial charge in [0.25, 0.3) is 0 Å². The van der Waals surface area contributed by atoms with Crippen LogP contribution < -0.4 is 0 Å². The van der Waals surface area contributed by atoms with Crippen LogP contribution in [0.3, 0.4) is 0 Å². The van der Waals surface area contributed by atoms with Gasteiger partial charge in [-0.3, -0.25) is 9.59 Å². The number of nitrogens with one attached hydrogen (secondary N) is 1. The third-order valence-corrected chi connectivity index (χ3v) is 8.50. The molecule has 13 heteroatoms. The molecule has 5 aromatic rings. The van der Waals surface area contributed by atoms with E-state index in [1.54, 1.807) is 0 Å². The van der Waals surface area contributed by atoms with Crippen molar-refractivity contribution in [3.05, 3.63) is 104 Å². The van der Waals surface area contributed by atoms with Crippen LogP contribution in [0.5, 0.6) is 23.0 Å². The Morgan fingerprint density at radius 3 is 1.53 bits per heavy atom. The minimum Gasteiger partial charge on any atom is -0.507 e. The molecule has 7 nitrogen and oxygen atoms in total. The van der Waals surface area contributed by atoms with Crippen molar-refractivity contribution in [1.29, 1.82) is 0 Å². The van der Waals surface area contributed by atoms with Crippen molar-refractivity contribution in [2.75, 3.05) is 0 Å². The predicted octanol–water partition coefficient (Wildman–Crippen LogP) is 8.90. The van der Waals surface area contributed by atoms with Crippen molar-refractivity contribution in [2.24, 2.45) is 0 Å². The Morgan fingerprint density at radius 2 is 1.08 bits per heavy atom. The smallest absolute Gasteiger partial charge is 0.416 e. The number of alkyl halides is 6. The monoisotopic (exact) mass is 685 g/mol. The van der Waals surface area contributed by atoms with Crippen molar-refractivity contribution < 1.29 is 56.4 Å². The fourth-order valence-electron chi connectivity index (χ4n) is 5.91. The van der Waals surface area contributed by atoms with E-state index in [-0.39, 0.29) is 86.0 Å². The summed E-state index contributed by atoms with van der Waals surface area (Å²) in [7, 11) is 0. The van der Waals surface area contributed by atoms with Crippen LogP contribution in [-0.2, 0) is 25.2 Å². The number of phenolic OH excluding ortho intramolecular Hbond substituents is 4. The number of aromatic hydroxyl groups is 4. The number of carbonyl (C=O) groups excluding carboxylic acids is 2. The standard InChI is InChI=1S/C36H29F6NO6/c1-15-7-23(17(3)44)33(48)27(31(15)46)13-26-25-11-19(20-9-21(35(37,38)39)12-22(10-20)36(40,41)42)5-6-29(25)43-30(26)14-28-32(47)16(2)8-24(18(4)45)34(28)49/h5-12,43,46-49H,13-14H2,1-4H3. The fraction of sp³-hybridized carbons (Fsp3) is 0.222. The van der Waals surface area contributed by atoms with Gasteiger partial charge in [-0.25, -0.2) is 0 Å². The Kier molecular flexibility index (Phi) is 8.69. The Morgan fingerprint density at radius 1 is 0.612 bits per heavy atom. The number of benzene rings is 4. The Hall–Kier alpha value is -5.46. The average molecular weight is 686 g/mol. The van der Waals surface area contributed by atoms with Crippen molar-refractivity contribution in [2.45, 2.75) is 52.9 Å². The van der Waals surface area contributed by atoms with Crippen LogP contribution in [0.1, 0.15) is 79.2 Å². The van der Waals surface area contributed by atoms with E-state index < -0.39 is 52.1 Å². The zero-order chi connectivity index (χ0) is 36.3. The van der Waals surface area contributed by atoms with Crippen LogP contribution in [0.25, 0.3) is 22.0 Å². The minimum atomic E-state index is -5.09. The van der Waals surface area contributed by atoms with Crippen molar-refractivity contribution in [3.8, 4) is 34.1 Å². The molecule has 0 atom stereocenters. The van der Waals surface area contributed by atoms with Crippen LogP contribution in [0.15, 0.2) is 48.5 Å². The van der Waals surface area contributed by atoms with Crippen LogP contribution in [0.4, 0.5) is 26.3 Å². The molecule has 4 aromatic carbocycles. The lowest BCUT2D eigenvalue weighted by atomic mass is 9.91. The number of aromatic amines is 1. The van der Waals surface area contributed by atoms with Gasteiger partial charge in [0.15, 0.2) is 11.6 Å². The summed E-state index contributed by atoms with van der Waals surface area (Å²) in [6.07, 6.45) is -10.8. The number of hydrogen-bond acceptors (Lipinski definition) is 6. The van der Waals surface area contributed by atoms with Gasteiger partial charge >= 0.3 is 12.4 Å². The Balaban J connectivity index is 1.80. The summed E-state index contributed by atoms with van der Waals surface area (Å²) in [5.41, 5.74) is -2.43. The Labute approximate surface area is 275 Å². The summed E-state index contributed by atoms with van der Waals surface area (Å²) in [5.74, 6) is -2.76. The van der Waals surface area contributed by atoms with Crippen LogP contribution in [0, 0.1) is 13.8 Å². The Bertz CT molecular complexity index is 2150. The summed E-state index contributed by atoms with van der Waals surface area (Å²) in [5, 5.41) is 44.2. The van der Waals surface area contributed by atoms with Crippen molar-refractivity contribution >= 4 is 22.5 Å². The zero-order valence-electron chi connectivity index (χ0n) is 26.4. The van der Waals surface area contributed by atoms with E-state index in [2.05, 4.69) is 4.98 Å². The van der Waals surface area contributed by atoms with E-state index in [9.17, 15) is 56.4 Å². The van der Waals surface area contributed by atoms with Crippen LogP contribution >= 0.6 is 0 Å². The predicted molar refractivity (Wildman–Crippen MR) is 168 cm³/mol. The molecule has 5 rings (SSSR count). The van der Waals surface area contributed by atoms with Gasteiger partial charge in [0.1, 0.15) is 23.0 Å². The highest BCUT2D eigenvalue weighted by Crippen LogP contribution is 2.43. The molecule has 49 heavy (non-hydrogen) atoms. The molecule has 0 radical (unpaired) electrons. The second-order valence-corrected chi connectivity index (χ2v) is 11.9. The van der Waals surface area contributed by atoms with E-state index in [0.29, 0.717) is 17.6 Å². The number of fused-ring (bicyclic) bond motifs is 1. The first kappa shape index (κ1) is 34.9. The van der Waals surface area contributed by atoms with Gasteiger partial charge in [-0.1, -0.05) is 6.07 Å². The molecular formula is C36H29F6NO6. The van der Waals surface area contributed by atoms with E-state index in [1.807, 2.05) is 0 Å². The van der Waals surface area contributed by atoms with E-state index in [1.165, 1.54) is 58.0 Å². The molecule has 0 fully saturated rings. The quantitative estimate of drug-likeness (QED) is 0.0859. The summed E-state index contributed by atoms with van der Waals surface area (Å²) < 4.78 is 82.1. The second-order valence-electron chi connectivity index (χ2n) is 11.9. The third-order valence-electron chi connectivity index (χ3n) is 8.50. The van der Waals surface area contributed by atoms with Gasteiger partial charge < -0.3 is 25.4 Å². The molecule has 0 aliphatic heterocycles. The highest BCUT2D eigenvalue weighted by Gasteiger charge is 2.37. The van der Waals surface area contributed by atoms with Gasteiger partial charge in [0.05, 0.1) is 22.3 Å². The van der Waals surface area contributed by atoms with Crippen LogP contribution in [-0.4, -0.2) is 37.0 Å². The number of aryl methyl sites for hydroxylation is 2. The molecular weight excluding hydrogens is 656 g/mol. The molecule has 0 spiro atoms. The molecule has 5 N–H and O–H groups in total. The first-order chi connectivity index (χ1) is 22.7. The maximum absolute atomic E-state index is 13.7. The SMILES string of the molecule is CC(=O)c1cc(C)c(O)c(Cc2[nH]c3ccc(-c4cc(C(F)(F)F)cc(C(F)(F)F)c4)cc3c2Cc2c(O)c(C)cc(C(C)=O)c2O)c1O. The lowest BCUT2D eigenvalue weighted by molar-refractivity contribution is -0.143. The number of Topliss-reactive ketones (excluding diaryl/α,β-unsaturated/α-hetero) is 2. The number of aromatic nitrogens is 1. The van der Waals surface area contributed by atoms with Gasteiger partial charge in [-0.05, 0) is 98.0 Å². The second kappa shape index (κ2) is 12.2. The number of ketones is 2. The molecule has 1 aromatic heterocycles. The molecule has 256 valence electrons. The number of H-pyrrole nitrogens is 1. The van der Waals surface area contributed by atoms with Crippen LogP contribution in [0.2, 0.25) is 0 Å². The summed E-state index contributed by atoms with van der Waals surface area (Å²) in [6.45, 7) is 5.44. The normalized spacial score (nSPS) is 12.1. The minimum absolute atomic E-state index is 0.0217. The van der Waals surface area contributed by atoms with E-state index >= 15 is 0 Å². The molecule has 0 saturated heterocycles. The van der Waals surface area contributed by atoms with E-state index in [0.717, 1.165) is 0 Å². The molecule has 0 amide bonds. The number of phenols is 4. The number of rotatable bonds is 7. The molecule has 0 bridgehead atoms. The lowest BCUT2D eigenvalue weighted by Gasteiger charge is -2.16. The summed E-state index contributed by atoms with van der Waals surface area (Å²) in [4.78, 5) is 27.7. The third kappa shape index (κ3) is 6.52. The van der Waals surface area contributed by atoms with Gasteiger partial charge in [0, 0.05) is 40.6 Å². The largest absolute Gasteiger partial charge is 0.507 e.